The molecule has 21 heavy (non-hydrogen) atoms. The summed E-state index contributed by atoms with van der Waals surface area (Å²) >= 11 is 6.15. The lowest BCUT2D eigenvalue weighted by atomic mass is 9.79. The van der Waals surface area contributed by atoms with E-state index in [4.69, 9.17) is 16.3 Å². The number of nitrogens with one attached hydrogen (secondary N) is 2. The van der Waals surface area contributed by atoms with Crippen LogP contribution in [0.1, 0.15) is 28.8 Å². The van der Waals surface area contributed by atoms with Gasteiger partial charge in [-0.15, -0.1) is 0 Å². The Morgan fingerprint density at radius 1 is 1.43 bits per heavy atom. The van der Waals surface area contributed by atoms with E-state index in [0.29, 0.717) is 23.7 Å². The average molecular weight is 311 g/mol. The highest BCUT2D eigenvalue weighted by Gasteiger charge is 2.32. The van der Waals surface area contributed by atoms with Gasteiger partial charge in [-0.05, 0) is 50.6 Å². The number of carbonyl (C=O) groups excluding carboxylic acids is 1. The molecule has 0 atom stereocenters. The third-order valence-electron chi connectivity index (χ3n) is 4.11. The molecule has 0 radical (unpaired) electrons. The van der Waals surface area contributed by atoms with Crippen LogP contribution in [0.25, 0.3) is 0 Å². The van der Waals surface area contributed by atoms with E-state index in [1.807, 2.05) is 19.1 Å². The highest BCUT2D eigenvalue weighted by Crippen LogP contribution is 2.28. The Labute approximate surface area is 131 Å². The van der Waals surface area contributed by atoms with Crippen molar-refractivity contribution in [1.82, 2.24) is 10.6 Å². The molecule has 1 aromatic carbocycles. The summed E-state index contributed by atoms with van der Waals surface area (Å²) in [6.07, 6.45) is 2.01. The van der Waals surface area contributed by atoms with Crippen LogP contribution in [-0.4, -0.2) is 39.3 Å². The van der Waals surface area contributed by atoms with E-state index in [1.54, 1.807) is 13.2 Å². The number of amides is 1. The van der Waals surface area contributed by atoms with Crippen molar-refractivity contribution >= 4 is 17.5 Å². The first-order valence-corrected chi connectivity index (χ1v) is 7.68. The van der Waals surface area contributed by atoms with Crippen molar-refractivity contribution in [2.45, 2.75) is 19.8 Å². The molecule has 1 heterocycles. The van der Waals surface area contributed by atoms with Crippen LogP contribution in [0, 0.1) is 12.3 Å². The Balaban J connectivity index is 2.01. The van der Waals surface area contributed by atoms with Crippen LogP contribution in [0.3, 0.4) is 0 Å². The minimum atomic E-state index is -0.117. The van der Waals surface area contributed by atoms with E-state index in [9.17, 15) is 4.79 Å². The SMILES string of the molecule is COCC1(CNC(=O)c2ccc(C)cc2Cl)CCNCC1. The normalized spacial score (nSPS) is 17.5. The Bertz CT molecular complexity index is 494. The lowest BCUT2D eigenvalue weighted by Crippen LogP contribution is -2.47. The third kappa shape index (κ3) is 4.19. The number of hydrogen-bond acceptors (Lipinski definition) is 3. The second-order valence-corrected chi connectivity index (χ2v) is 6.26. The molecule has 0 saturated carbocycles. The highest BCUT2D eigenvalue weighted by molar-refractivity contribution is 6.33. The smallest absolute Gasteiger partial charge is 0.252 e. The first-order chi connectivity index (χ1) is 10.1. The summed E-state index contributed by atoms with van der Waals surface area (Å²) < 4.78 is 5.36. The predicted molar refractivity (Wildman–Crippen MR) is 84.9 cm³/mol. The second kappa shape index (κ2) is 7.25. The molecular weight excluding hydrogens is 288 g/mol. The van der Waals surface area contributed by atoms with Crippen molar-refractivity contribution < 1.29 is 9.53 Å². The molecule has 1 aromatic rings. The van der Waals surface area contributed by atoms with Crippen molar-refractivity contribution in [3.8, 4) is 0 Å². The first-order valence-electron chi connectivity index (χ1n) is 7.30. The van der Waals surface area contributed by atoms with Crippen LogP contribution in [0.2, 0.25) is 5.02 Å². The molecule has 0 aliphatic carbocycles. The van der Waals surface area contributed by atoms with E-state index < -0.39 is 0 Å². The number of piperidine rings is 1. The molecule has 0 spiro atoms. The summed E-state index contributed by atoms with van der Waals surface area (Å²) in [6.45, 7) is 5.16. The highest BCUT2D eigenvalue weighted by atomic mass is 35.5. The van der Waals surface area contributed by atoms with E-state index in [0.717, 1.165) is 31.5 Å². The zero-order valence-corrected chi connectivity index (χ0v) is 13.4. The van der Waals surface area contributed by atoms with Crippen molar-refractivity contribution in [2.24, 2.45) is 5.41 Å². The second-order valence-electron chi connectivity index (χ2n) is 5.85. The minimum absolute atomic E-state index is 0.0207. The fourth-order valence-electron chi connectivity index (χ4n) is 2.80. The van der Waals surface area contributed by atoms with E-state index >= 15 is 0 Å². The van der Waals surface area contributed by atoms with Crippen molar-refractivity contribution in [1.29, 1.82) is 0 Å². The molecule has 2 rings (SSSR count). The van der Waals surface area contributed by atoms with Gasteiger partial charge in [0.25, 0.3) is 5.91 Å². The van der Waals surface area contributed by atoms with Gasteiger partial charge in [-0.25, -0.2) is 0 Å². The summed E-state index contributed by atoms with van der Waals surface area (Å²) in [6, 6.07) is 5.49. The number of rotatable bonds is 5. The molecule has 1 aliphatic rings. The lowest BCUT2D eigenvalue weighted by molar-refractivity contribution is 0.0512. The zero-order valence-electron chi connectivity index (χ0n) is 12.7. The predicted octanol–water partition coefficient (Wildman–Crippen LogP) is 2.39. The molecule has 0 unspecified atom stereocenters. The van der Waals surface area contributed by atoms with Gasteiger partial charge in [-0.1, -0.05) is 17.7 Å². The minimum Gasteiger partial charge on any atom is -0.384 e. The van der Waals surface area contributed by atoms with Crippen molar-refractivity contribution in [3.63, 3.8) is 0 Å². The third-order valence-corrected chi connectivity index (χ3v) is 4.42. The van der Waals surface area contributed by atoms with E-state index in [2.05, 4.69) is 10.6 Å². The van der Waals surface area contributed by atoms with Crippen molar-refractivity contribution in [3.05, 3.63) is 34.3 Å². The molecule has 0 bridgehead atoms. The number of aryl methyl sites for hydroxylation is 1. The standard InChI is InChI=1S/C16H23ClN2O2/c1-12-3-4-13(14(17)9-12)15(20)19-10-16(11-21-2)5-7-18-8-6-16/h3-4,9,18H,5-8,10-11H2,1-2H3,(H,19,20). The van der Waals surface area contributed by atoms with Gasteiger partial charge < -0.3 is 15.4 Å². The maximum atomic E-state index is 12.3. The Hall–Kier alpha value is -1.10. The molecular formula is C16H23ClN2O2. The number of ether oxygens (including phenoxy) is 1. The summed E-state index contributed by atoms with van der Waals surface area (Å²) in [5, 5.41) is 6.87. The Morgan fingerprint density at radius 3 is 2.76 bits per heavy atom. The summed E-state index contributed by atoms with van der Waals surface area (Å²) in [5.41, 5.74) is 1.60. The number of halogens is 1. The van der Waals surface area contributed by atoms with Crippen LogP contribution >= 0.6 is 11.6 Å². The van der Waals surface area contributed by atoms with Gasteiger partial charge >= 0.3 is 0 Å². The number of benzene rings is 1. The summed E-state index contributed by atoms with van der Waals surface area (Å²) in [4.78, 5) is 12.3. The largest absolute Gasteiger partial charge is 0.384 e. The Kier molecular flexibility index (Phi) is 5.62. The zero-order chi connectivity index (χ0) is 15.3. The van der Waals surface area contributed by atoms with Gasteiger partial charge in [0.15, 0.2) is 0 Å². The number of carbonyl (C=O) groups is 1. The number of methoxy groups -OCH3 is 1. The van der Waals surface area contributed by atoms with Crippen LogP contribution in [-0.2, 0) is 4.74 Å². The van der Waals surface area contributed by atoms with Crippen LogP contribution < -0.4 is 10.6 Å². The molecule has 116 valence electrons. The molecule has 1 saturated heterocycles. The molecule has 1 fully saturated rings. The van der Waals surface area contributed by atoms with Crippen LogP contribution in [0.15, 0.2) is 18.2 Å². The van der Waals surface area contributed by atoms with Gasteiger partial charge in [0.05, 0.1) is 17.2 Å². The molecule has 0 aromatic heterocycles. The Morgan fingerprint density at radius 2 is 2.14 bits per heavy atom. The monoisotopic (exact) mass is 310 g/mol. The molecule has 1 amide bonds. The first kappa shape index (κ1) is 16.3. The number of hydrogen-bond donors (Lipinski definition) is 2. The van der Waals surface area contributed by atoms with Gasteiger partial charge in [0, 0.05) is 19.1 Å². The van der Waals surface area contributed by atoms with E-state index in [1.165, 1.54) is 0 Å². The summed E-state index contributed by atoms with van der Waals surface area (Å²) in [7, 11) is 1.71. The van der Waals surface area contributed by atoms with Gasteiger partial charge in [-0.3, -0.25) is 4.79 Å². The maximum absolute atomic E-state index is 12.3. The average Bonchev–Trinajstić information content (AvgIpc) is 2.46. The molecule has 2 N–H and O–H groups in total. The maximum Gasteiger partial charge on any atom is 0.252 e. The van der Waals surface area contributed by atoms with E-state index in [-0.39, 0.29) is 11.3 Å². The quantitative estimate of drug-likeness (QED) is 0.878. The van der Waals surface area contributed by atoms with Crippen LogP contribution in [0.4, 0.5) is 0 Å². The van der Waals surface area contributed by atoms with Crippen LogP contribution in [0.5, 0.6) is 0 Å². The van der Waals surface area contributed by atoms with Gasteiger partial charge in [-0.2, -0.15) is 0 Å². The fourth-order valence-corrected chi connectivity index (χ4v) is 3.12. The fraction of sp³-hybridized carbons (Fsp3) is 0.562. The lowest BCUT2D eigenvalue weighted by Gasteiger charge is -2.37. The molecule has 5 heteroatoms. The molecule has 1 aliphatic heterocycles. The molecule has 4 nitrogen and oxygen atoms in total. The topological polar surface area (TPSA) is 50.4 Å². The van der Waals surface area contributed by atoms with Gasteiger partial charge in [0.2, 0.25) is 0 Å². The van der Waals surface area contributed by atoms with Crippen molar-refractivity contribution in [2.75, 3.05) is 33.4 Å². The summed E-state index contributed by atoms with van der Waals surface area (Å²) in [5.74, 6) is -0.117. The van der Waals surface area contributed by atoms with Gasteiger partial charge in [0.1, 0.15) is 0 Å².